The van der Waals surface area contributed by atoms with Gasteiger partial charge in [0.1, 0.15) is 35.4 Å². The summed E-state index contributed by atoms with van der Waals surface area (Å²) in [5.41, 5.74) is 0.210. The van der Waals surface area contributed by atoms with Crippen molar-refractivity contribution in [3.05, 3.63) is 81.9 Å². The summed E-state index contributed by atoms with van der Waals surface area (Å²) in [5, 5.41) is 8.83. The summed E-state index contributed by atoms with van der Waals surface area (Å²) < 4.78 is 32.2. The van der Waals surface area contributed by atoms with Gasteiger partial charge in [0.2, 0.25) is 0 Å². The molecule has 33 heavy (non-hydrogen) atoms. The summed E-state index contributed by atoms with van der Waals surface area (Å²) in [6.07, 6.45) is 5.87. The van der Waals surface area contributed by atoms with Gasteiger partial charge < -0.3 is 0 Å². The lowest BCUT2D eigenvalue weighted by molar-refractivity contribution is 0.229. The van der Waals surface area contributed by atoms with Crippen LogP contribution in [-0.2, 0) is 6.42 Å². The van der Waals surface area contributed by atoms with Crippen molar-refractivity contribution in [3.8, 4) is 5.82 Å². The van der Waals surface area contributed by atoms with E-state index < -0.39 is 17.7 Å². The number of hydrogen-bond donors (Lipinski definition) is 0. The molecule has 1 aromatic carbocycles. The first-order chi connectivity index (χ1) is 16.0. The molecule has 1 atom stereocenters. The maximum atomic E-state index is 13.7. The molecule has 4 heterocycles. The number of rotatable bonds is 4. The Kier molecular flexibility index (Phi) is 4.46. The number of hydrogen-bond acceptors (Lipinski definition) is 6. The van der Waals surface area contributed by atoms with Gasteiger partial charge in [-0.25, -0.2) is 37.9 Å². The van der Waals surface area contributed by atoms with Crippen molar-refractivity contribution in [2.24, 2.45) is 0 Å². The van der Waals surface area contributed by atoms with E-state index in [0.29, 0.717) is 54.5 Å². The van der Waals surface area contributed by atoms with E-state index in [0.717, 1.165) is 6.07 Å². The predicted octanol–water partition coefficient (Wildman–Crippen LogP) is 2.66. The number of nitrogens with zero attached hydrogens (tertiary/aromatic N) is 8. The topological polar surface area (TPSA) is 96.3 Å². The molecule has 0 N–H and O–H groups in total. The molecule has 168 valence electrons. The van der Waals surface area contributed by atoms with Crippen molar-refractivity contribution in [3.63, 3.8) is 0 Å². The van der Waals surface area contributed by atoms with Crippen molar-refractivity contribution in [2.75, 3.05) is 0 Å². The Morgan fingerprint density at radius 3 is 2.58 bits per heavy atom. The summed E-state index contributed by atoms with van der Waals surface area (Å²) in [4.78, 5) is 26.3. The SMILES string of the molecule is Cc1ncn(-c2ccnc(C3CC(n4nc5n(c4=O)[C@H](c4cc(F)cc(F)c4)CC5)C3)n2)n1. The highest BCUT2D eigenvalue weighted by atomic mass is 19.1. The molecule has 3 aromatic heterocycles. The van der Waals surface area contributed by atoms with Crippen LogP contribution in [0.4, 0.5) is 8.78 Å². The van der Waals surface area contributed by atoms with Gasteiger partial charge in [-0.05, 0) is 43.9 Å². The molecule has 2 aliphatic rings. The van der Waals surface area contributed by atoms with Gasteiger partial charge in [-0.3, -0.25) is 4.57 Å². The van der Waals surface area contributed by atoms with E-state index in [1.54, 1.807) is 27.8 Å². The minimum atomic E-state index is -0.649. The number of halogens is 2. The molecule has 9 nitrogen and oxygen atoms in total. The molecule has 6 rings (SSSR count). The Morgan fingerprint density at radius 1 is 1.06 bits per heavy atom. The summed E-state index contributed by atoms with van der Waals surface area (Å²) in [7, 11) is 0. The molecule has 0 unspecified atom stereocenters. The second-order valence-electron chi connectivity index (χ2n) is 8.60. The fourth-order valence-corrected chi connectivity index (χ4v) is 4.78. The average Bonchev–Trinajstić information content (AvgIpc) is 3.44. The van der Waals surface area contributed by atoms with Gasteiger partial charge in [-0.15, -0.1) is 0 Å². The first-order valence-corrected chi connectivity index (χ1v) is 10.8. The van der Waals surface area contributed by atoms with Crippen LogP contribution >= 0.6 is 0 Å². The average molecular weight is 450 g/mol. The lowest BCUT2D eigenvalue weighted by atomic mass is 9.80. The molecule has 11 heteroatoms. The van der Waals surface area contributed by atoms with Crippen LogP contribution in [-0.4, -0.2) is 39.1 Å². The standard InChI is InChI=1S/C22H20F2N8O/c1-12-26-11-30(28-12)19-4-5-25-21(27-19)14-8-17(9-14)32-22(33)31-18(2-3-20(31)29-32)13-6-15(23)10-16(24)7-13/h4-7,10-11,14,17-18H,2-3,8-9H2,1H3/t14?,17?,18-/m0/s1. The first kappa shape index (κ1) is 19.9. The quantitative estimate of drug-likeness (QED) is 0.474. The molecule has 1 fully saturated rings. The Balaban J connectivity index is 1.22. The number of fused-ring (bicyclic) bond motifs is 1. The zero-order chi connectivity index (χ0) is 22.7. The van der Waals surface area contributed by atoms with E-state index in [1.807, 2.05) is 6.92 Å². The van der Waals surface area contributed by atoms with E-state index in [9.17, 15) is 13.6 Å². The normalized spacial score (nSPS) is 21.7. The highest BCUT2D eigenvalue weighted by Gasteiger charge is 2.38. The van der Waals surface area contributed by atoms with E-state index in [4.69, 9.17) is 0 Å². The third-order valence-corrected chi connectivity index (χ3v) is 6.45. The maximum absolute atomic E-state index is 13.7. The van der Waals surface area contributed by atoms with Crippen LogP contribution in [0.1, 0.15) is 60.3 Å². The van der Waals surface area contributed by atoms with Gasteiger partial charge in [0, 0.05) is 30.7 Å². The lowest BCUT2D eigenvalue weighted by Gasteiger charge is -2.33. The molecule has 4 aromatic rings. The van der Waals surface area contributed by atoms with Crippen molar-refractivity contribution in [1.29, 1.82) is 0 Å². The monoisotopic (exact) mass is 450 g/mol. The minimum absolute atomic E-state index is 0.0635. The third kappa shape index (κ3) is 3.35. The van der Waals surface area contributed by atoms with Gasteiger partial charge in [0.25, 0.3) is 0 Å². The van der Waals surface area contributed by atoms with Crippen LogP contribution in [0, 0.1) is 18.6 Å². The van der Waals surface area contributed by atoms with Gasteiger partial charge in [0.05, 0.1) is 12.1 Å². The largest absolute Gasteiger partial charge is 0.346 e. The number of aryl methyl sites for hydroxylation is 2. The summed E-state index contributed by atoms with van der Waals surface area (Å²) in [5.74, 6) is 1.46. The van der Waals surface area contributed by atoms with Crippen LogP contribution in [0.2, 0.25) is 0 Å². The van der Waals surface area contributed by atoms with Crippen LogP contribution in [0.25, 0.3) is 5.82 Å². The van der Waals surface area contributed by atoms with Gasteiger partial charge in [0.15, 0.2) is 5.82 Å². The van der Waals surface area contributed by atoms with Crippen molar-refractivity contribution in [1.82, 2.24) is 39.1 Å². The van der Waals surface area contributed by atoms with Crippen LogP contribution < -0.4 is 5.69 Å². The Labute approximate surface area is 186 Å². The number of benzene rings is 1. The van der Waals surface area contributed by atoms with Crippen molar-refractivity contribution in [2.45, 2.75) is 50.6 Å². The highest BCUT2D eigenvalue weighted by molar-refractivity contribution is 5.25. The molecule has 0 radical (unpaired) electrons. The van der Waals surface area contributed by atoms with E-state index in [2.05, 4.69) is 25.1 Å². The summed E-state index contributed by atoms with van der Waals surface area (Å²) in [6, 6.07) is 4.70. The van der Waals surface area contributed by atoms with Gasteiger partial charge in [-0.2, -0.15) is 10.2 Å². The fraction of sp³-hybridized carbons (Fsp3) is 0.364. The molecule has 1 aliphatic heterocycles. The Bertz CT molecular complexity index is 1400. The third-order valence-electron chi connectivity index (χ3n) is 6.45. The molecular formula is C22H20F2N8O. The van der Waals surface area contributed by atoms with Gasteiger partial charge >= 0.3 is 5.69 Å². The second-order valence-corrected chi connectivity index (χ2v) is 8.60. The molecule has 0 amide bonds. The smallest absolute Gasteiger partial charge is 0.271 e. The summed E-state index contributed by atoms with van der Waals surface area (Å²) in [6.45, 7) is 1.81. The van der Waals surface area contributed by atoms with Crippen LogP contribution in [0.15, 0.2) is 41.6 Å². The lowest BCUT2D eigenvalue weighted by Crippen LogP contribution is -2.36. The van der Waals surface area contributed by atoms with E-state index in [-0.39, 0.29) is 17.6 Å². The zero-order valence-corrected chi connectivity index (χ0v) is 17.8. The highest BCUT2D eigenvalue weighted by Crippen LogP contribution is 2.43. The molecular weight excluding hydrogens is 430 g/mol. The molecule has 0 bridgehead atoms. The molecule has 0 saturated heterocycles. The Hall–Kier alpha value is -3.76. The van der Waals surface area contributed by atoms with Gasteiger partial charge in [-0.1, -0.05) is 0 Å². The maximum Gasteiger partial charge on any atom is 0.346 e. The van der Waals surface area contributed by atoms with E-state index in [1.165, 1.54) is 16.8 Å². The first-order valence-electron chi connectivity index (χ1n) is 10.8. The fourth-order valence-electron chi connectivity index (χ4n) is 4.78. The zero-order valence-electron chi connectivity index (χ0n) is 17.8. The molecule has 0 spiro atoms. The summed E-state index contributed by atoms with van der Waals surface area (Å²) >= 11 is 0. The Morgan fingerprint density at radius 2 is 1.85 bits per heavy atom. The predicted molar refractivity (Wildman–Crippen MR) is 112 cm³/mol. The van der Waals surface area contributed by atoms with Crippen molar-refractivity contribution >= 4 is 0 Å². The molecule has 1 aliphatic carbocycles. The second kappa shape index (κ2) is 7.39. The van der Waals surface area contributed by atoms with Crippen LogP contribution in [0.3, 0.4) is 0 Å². The van der Waals surface area contributed by atoms with Crippen molar-refractivity contribution < 1.29 is 8.78 Å². The number of aromatic nitrogens is 8. The molecule has 1 saturated carbocycles. The van der Waals surface area contributed by atoms with E-state index >= 15 is 0 Å². The van der Waals surface area contributed by atoms with Crippen LogP contribution in [0.5, 0.6) is 0 Å². The minimum Gasteiger partial charge on any atom is -0.271 e.